The largest absolute Gasteiger partial charge is 0.493 e. The van der Waals surface area contributed by atoms with Crippen molar-refractivity contribution in [2.24, 2.45) is 0 Å². The topological polar surface area (TPSA) is 88.2 Å². The molecule has 1 aliphatic rings. The highest BCUT2D eigenvalue weighted by atomic mass is 32.2. The highest BCUT2D eigenvalue weighted by Gasteiger charge is 2.29. The Hall–Kier alpha value is -2.26. The van der Waals surface area contributed by atoms with Gasteiger partial charge in [0.1, 0.15) is 0 Å². The number of benzene rings is 1. The molecular formula is C19H27N3O5S. The summed E-state index contributed by atoms with van der Waals surface area (Å²) in [6, 6.07) is 5.44. The van der Waals surface area contributed by atoms with Crippen molar-refractivity contribution < 1.29 is 23.9 Å². The molecule has 0 aliphatic carbocycles. The van der Waals surface area contributed by atoms with Gasteiger partial charge in [0.25, 0.3) is 5.24 Å². The van der Waals surface area contributed by atoms with Gasteiger partial charge in [-0.15, -0.1) is 0 Å². The number of carbonyl (C=O) groups is 3. The Morgan fingerprint density at radius 3 is 2.61 bits per heavy atom. The molecule has 3 amide bonds. The summed E-state index contributed by atoms with van der Waals surface area (Å²) in [6.07, 6.45) is 0.752. The van der Waals surface area contributed by atoms with E-state index in [9.17, 15) is 14.4 Å². The molecule has 1 N–H and O–H groups in total. The lowest BCUT2D eigenvalue weighted by molar-refractivity contribution is -0.127. The first-order valence-corrected chi connectivity index (χ1v) is 10.0. The van der Waals surface area contributed by atoms with Crippen molar-refractivity contribution in [1.82, 2.24) is 15.1 Å². The average Bonchev–Trinajstić information content (AvgIpc) is 3.02. The molecule has 0 aromatic heterocycles. The van der Waals surface area contributed by atoms with Crippen LogP contribution in [0.5, 0.6) is 11.5 Å². The number of nitrogens with one attached hydrogen (secondary N) is 1. The lowest BCUT2D eigenvalue weighted by Gasteiger charge is -2.24. The summed E-state index contributed by atoms with van der Waals surface area (Å²) in [7, 11) is 5.08. The fourth-order valence-corrected chi connectivity index (χ4v) is 3.52. The van der Waals surface area contributed by atoms with Gasteiger partial charge >= 0.3 is 0 Å². The minimum absolute atomic E-state index is 0.137. The molecule has 0 saturated carbocycles. The summed E-state index contributed by atoms with van der Waals surface area (Å²) in [5.74, 6) is 1.20. The molecule has 0 bridgehead atoms. The summed E-state index contributed by atoms with van der Waals surface area (Å²) in [4.78, 5) is 38.6. The fraction of sp³-hybridized carbons (Fsp3) is 0.526. The quantitative estimate of drug-likeness (QED) is 0.624. The number of carbonyl (C=O) groups excluding carboxylic acids is 3. The highest BCUT2D eigenvalue weighted by Crippen LogP contribution is 2.27. The zero-order valence-electron chi connectivity index (χ0n) is 16.7. The van der Waals surface area contributed by atoms with E-state index < -0.39 is 0 Å². The molecule has 1 aliphatic heterocycles. The summed E-state index contributed by atoms with van der Waals surface area (Å²) in [6.45, 7) is 2.97. The van der Waals surface area contributed by atoms with E-state index >= 15 is 0 Å². The number of hydrogen-bond donors (Lipinski definition) is 1. The standard InChI is InChI=1S/C19H27N3O5S/c1-13(18(24)20-8-10-22-17(23)12-28-19(22)25)21(2)9-7-14-5-6-15(26-3)16(11-14)27-4/h5-6,11,13H,7-10,12H2,1-4H3,(H,20,24)/t13-/m1/s1. The van der Waals surface area contributed by atoms with Crippen LogP contribution in [0.2, 0.25) is 0 Å². The van der Waals surface area contributed by atoms with Crippen molar-refractivity contribution in [2.75, 3.05) is 46.7 Å². The minimum Gasteiger partial charge on any atom is -0.493 e. The predicted octanol–water partition coefficient (Wildman–Crippen LogP) is 1.38. The van der Waals surface area contributed by atoms with E-state index in [2.05, 4.69) is 5.32 Å². The maximum absolute atomic E-state index is 12.3. The Morgan fingerprint density at radius 1 is 1.29 bits per heavy atom. The molecule has 8 nitrogen and oxygen atoms in total. The van der Waals surface area contributed by atoms with Crippen LogP contribution in [0, 0.1) is 0 Å². The zero-order valence-corrected chi connectivity index (χ0v) is 17.5. The van der Waals surface area contributed by atoms with Crippen molar-refractivity contribution in [2.45, 2.75) is 19.4 Å². The molecular weight excluding hydrogens is 382 g/mol. The molecule has 1 aromatic carbocycles. The van der Waals surface area contributed by atoms with E-state index in [0.717, 1.165) is 23.7 Å². The fourth-order valence-electron chi connectivity index (χ4n) is 2.77. The van der Waals surface area contributed by atoms with Crippen LogP contribution in [0.3, 0.4) is 0 Å². The van der Waals surface area contributed by atoms with Crippen molar-refractivity contribution in [1.29, 1.82) is 0 Å². The number of amides is 3. The molecule has 9 heteroatoms. The molecule has 1 fully saturated rings. The Labute approximate surface area is 169 Å². The van der Waals surface area contributed by atoms with Crippen LogP contribution in [0.4, 0.5) is 4.79 Å². The van der Waals surface area contributed by atoms with Gasteiger partial charge in [-0.2, -0.15) is 0 Å². The summed E-state index contributed by atoms with van der Waals surface area (Å²) >= 11 is 0.993. The number of methoxy groups -OCH3 is 2. The normalized spacial score (nSPS) is 15.1. The van der Waals surface area contributed by atoms with Gasteiger partial charge in [-0.1, -0.05) is 17.8 Å². The van der Waals surface area contributed by atoms with Crippen LogP contribution in [0.15, 0.2) is 18.2 Å². The van der Waals surface area contributed by atoms with E-state index in [1.165, 1.54) is 4.90 Å². The molecule has 0 spiro atoms. The third kappa shape index (κ3) is 5.62. The van der Waals surface area contributed by atoms with Gasteiger partial charge < -0.3 is 14.8 Å². The molecule has 154 valence electrons. The number of likely N-dealkylation sites (N-methyl/N-ethyl adjacent to an activating group) is 1. The van der Waals surface area contributed by atoms with E-state index in [4.69, 9.17) is 9.47 Å². The molecule has 1 atom stereocenters. The van der Waals surface area contributed by atoms with Crippen LogP contribution >= 0.6 is 11.8 Å². The van der Waals surface area contributed by atoms with Crippen LogP contribution in [-0.4, -0.2) is 79.5 Å². The minimum atomic E-state index is -0.334. The van der Waals surface area contributed by atoms with Crippen molar-refractivity contribution in [3.8, 4) is 11.5 Å². The maximum Gasteiger partial charge on any atom is 0.288 e. The molecule has 1 heterocycles. The second kappa shape index (κ2) is 10.3. The Balaban J connectivity index is 1.78. The van der Waals surface area contributed by atoms with Crippen LogP contribution in [0.25, 0.3) is 0 Å². The van der Waals surface area contributed by atoms with Gasteiger partial charge in [0, 0.05) is 19.6 Å². The third-order valence-electron chi connectivity index (χ3n) is 4.72. The Morgan fingerprint density at radius 2 is 2.00 bits per heavy atom. The first kappa shape index (κ1) is 22.0. The van der Waals surface area contributed by atoms with Crippen molar-refractivity contribution in [3.05, 3.63) is 23.8 Å². The summed E-state index contributed by atoms with van der Waals surface area (Å²) in [5, 5.41) is 2.54. The Bertz CT molecular complexity index is 712. The third-order valence-corrected chi connectivity index (χ3v) is 5.58. The van der Waals surface area contributed by atoms with E-state index in [0.29, 0.717) is 18.0 Å². The number of imide groups is 1. The van der Waals surface area contributed by atoms with Gasteiger partial charge in [-0.05, 0) is 38.1 Å². The number of nitrogens with zero attached hydrogens (tertiary/aromatic N) is 2. The lowest BCUT2D eigenvalue weighted by Crippen LogP contribution is -2.46. The van der Waals surface area contributed by atoms with Gasteiger partial charge in [0.05, 0.1) is 26.0 Å². The molecule has 1 aromatic rings. The van der Waals surface area contributed by atoms with Gasteiger partial charge in [0.2, 0.25) is 11.8 Å². The average molecular weight is 410 g/mol. The SMILES string of the molecule is COc1ccc(CCN(C)[C@H](C)C(=O)NCCN2C(=O)CSC2=O)cc1OC. The molecule has 1 saturated heterocycles. The van der Waals surface area contributed by atoms with Crippen LogP contribution in [0.1, 0.15) is 12.5 Å². The Kier molecular flexibility index (Phi) is 8.13. The number of ether oxygens (including phenoxy) is 2. The summed E-state index contributed by atoms with van der Waals surface area (Å²) < 4.78 is 10.6. The highest BCUT2D eigenvalue weighted by molar-refractivity contribution is 8.14. The maximum atomic E-state index is 12.3. The van der Waals surface area contributed by atoms with E-state index in [-0.39, 0.29) is 41.9 Å². The van der Waals surface area contributed by atoms with Crippen molar-refractivity contribution >= 4 is 28.8 Å². The summed E-state index contributed by atoms with van der Waals surface area (Å²) in [5.41, 5.74) is 1.08. The molecule has 28 heavy (non-hydrogen) atoms. The predicted molar refractivity (Wildman–Crippen MR) is 108 cm³/mol. The second-order valence-corrected chi connectivity index (χ2v) is 7.41. The van der Waals surface area contributed by atoms with Crippen molar-refractivity contribution in [3.63, 3.8) is 0 Å². The first-order chi connectivity index (χ1) is 13.4. The second-order valence-electron chi connectivity index (χ2n) is 6.49. The van der Waals surface area contributed by atoms with Gasteiger partial charge in [-0.25, -0.2) is 0 Å². The number of hydrogen-bond acceptors (Lipinski definition) is 7. The van der Waals surface area contributed by atoms with E-state index in [1.807, 2.05) is 37.1 Å². The first-order valence-electron chi connectivity index (χ1n) is 9.03. The van der Waals surface area contributed by atoms with Gasteiger partial charge in [-0.3, -0.25) is 24.2 Å². The monoisotopic (exact) mass is 409 g/mol. The zero-order chi connectivity index (χ0) is 20.7. The molecule has 0 radical (unpaired) electrons. The number of thioether (sulfide) groups is 1. The molecule has 2 rings (SSSR count). The van der Waals surface area contributed by atoms with E-state index in [1.54, 1.807) is 14.2 Å². The lowest BCUT2D eigenvalue weighted by atomic mass is 10.1. The molecule has 0 unspecified atom stereocenters. The number of rotatable bonds is 10. The smallest absolute Gasteiger partial charge is 0.288 e. The van der Waals surface area contributed by atoms with Gasteiger partial charge in [0.15, 0.2) is 11.5 Å². The van der Waals surface area contributed by atoms with Crippen LogP contribution in [-0.2, 0) is 16.0 Å². The van der Waals surface area contributed by atoms with Crippen LogP contribution < -0.4 is 14.8 Å².